The van der Waals surface area contributed by atoms with E-state index in [1.54, 1.807) is 12.1 Å². The summed E-state index contributed by atoms with van der Waals surface area (Å²) in [5, 5.41) is 0. The fourth-order valence-electron chi connectivity index (χ4n) is 3.35. The van der Waals surface area contributed by atoms with Gasteiger partial charge in [-0.25, -0.2) is 14.2 Å². The second-order valence-corrected chi connectivity index (χ2v) is 7.16. The summed E-state index contributed by atoms with van der Waals surface area (Å²) in [6, 6.07) is 11.9. The molecular weight excluding hydrogens is 359 g/mol. The third-order valence-electron chi connectivity index (χ3n) is 5.09. The maximum atomic E-state index is 14.6. The van der Waals surface area contributed by atoms with Crippen molar-refractivity contribution >= 4 is 5.97 Å². The maximum Gasteiger partial charge on any atom is 0.314 e. The number of ether oxygens (including phenoxy) is 1. The summed E-state index contributed by atoms with van der Waals surface area (Å²) in [6.45, 7) is 4.43. The highest BCUT2D eigenvalue weighted by molar-refractivity contribution is 5.78. The van der Waals surface area contributed by atoms with E-state index in [9.17, 15) is 9.18 Å². The van der Waals surface area contributed by atoms with E-state index in [0.29, 0.717) is 25.0 Å². The molecule has 0 fully saturated rings. The molecule has 0 N–H and O–H groups in total. The Morgan fingerprint density at radius 1 is 1.04 bits per heavy atom. The number of hydrogen-bond donors (Lipinski definition) is 0. The van der Waals surface area contributed by atoms with E-state index >= 15 is 0 Å². The van der Waals surface area contributed by atoms with Gasteiger partial charge in [0.05, 0.1) is 12.5 Å². The lowest BCUT2D eigenvalue weighted by molar-refractivity contribution is -0.303. The van der Waals surface area contributed by atoms with Crippen molar-refractivity contribution in [2.75, 3.05) is 6.61 Å². The Morgan fingerprint density at radius 2 is 1.75 bits per heavy atom. The van der Waals surface area contributed by atoms with E-state index in [4.69, 9.17) is 14.5 Å². The van der Waals surface area contributed by atoms with Crippen LogP contribution in [0.15, 0.2) is 36.4 Å². The van der Waals surface area contributed by atoms with Gasteiger partial charge in [0.25, 0.3) is 0 Å². The number of carbonyl (C=O) groups is 1. The summed E-state index contributed by atoms with van der Waals surface area (Å²) < 4.78 is 19.8. The molecule has 0 radical (unpaired) electrons. The smallest absolute Gasteiger partial charge is 0.314 e. The number of rotatable bonds is 9. The van der Waals surface area contributed by atoms with Crippen LogP contribution in [0.3, 0.4) is 0 Å². The number of aryl methyl sites for hydroxylation is 1. The highest BCUT2D eigenvalue weighted by Gasteiger charge is 2.30. The number of carbonyl (C=O) groups excluding carboxylic acids is 1. The molecule has 1 unspecified atom stereocenters. The topological polar surface area (TPSA) is 44.8 Å². The normalized spacial score (nSPS) is 16.0. The molecule has 0 saturated carbocycles. The molecule has 1 aliphatic rings. The van der Waals surface area contributed by atoms with Crippen LogP contribution in [0, 0.1) is 11.7 Å². The first-order chi connectivity index (χ1) is 13.6. The minimum Gasteiger partial charge on any atom is -0.423 e. The van der Waals surface area contributed by atoms with Gasteiger partial charge < -0.3 is 4.74 Å². The molecule has 0 aliphatic carbocycles. The Bertz CT molecular complexity index is 801. The number of hydrogen-bond acceptors (Lipinski definition) is 4. The van der Waals surface area contributed by atoms with Gasteiger partial charge >= 0.3 is 5.97 Å². The van der Waals surface area contributed by atoms with Crippen LogP contribution in [0.1, 0.15) is 48.9 Å². The molecule has 0 amide bonds. The molecule has 0 spiro atoms. The molecule has 1 aliphatic heterocycles. The largest absolute Gasteiger partial charge is 0.423 e. The van der Waals surface area contributed by atoms with Crippen molar-refractivity contribution in [1.82, 2.24) is 0 Å². The molecule has 0 saturated heterocycles. The lowest BCUT2D eigenvalue weighted by atomic mass is 9.93. The van der Waals surface area contributed by atoms with E-state index < -0.39 is 5.82 Å². The third kappa shape index (κ3) is 4.97. The van der Waals surface area contributed by atoms with Crippen molar-refractivity contribution in [2.45, 2.75) is 52.6 Å². The predicted octanol–water partition coefficient (Wildman–Crippen LogP) is 4.96. The number of halogens is 1. The Hall–Kier alpha value is -2.24. The molecule has 2 aromatic rings. The summed E-state index contributed by atoms with van der Waals surface area (Å²) in [4.78, 5) is 22.3. The zero-order valence-corrected chi connectivity index (χ0v) is 16.5. The molecule has 0 aromatic heterocycles. The molecule has 3 rings (SSSR count). The van der Waals surface area contributed by atoms with Crippen LogP contribution >= 0.6 is 0 Å². The molecule has 1 heterocycles. The van der Waals surface area contributed by atoms with Crippen LogP contribution in [0.25, 0.3) is 0 Å². The van der Waals surface area contributed by atoms with Crippen LogP contribution in [0.5, 0.6) is 5.75 Å². The van der Waals surface area contributed by atoms with E-state index in [-0.39, 0.29) is 24.2 Å². The molecule has 28 heavy (non-hydrogen) atoms. The zero-order valence-electron chi connectivity index (χ0n) is 16.5. The highest BCUT2D eigenvalue weighted by atomic mass is 19.1. The first-order valence-electron chi connectivity index (χ1n) is 9.96. The number of benzene rings is 2. The van der Waals surface area contributed by atoms with E-state index in [1.807, 2.05) is 6.92 Å². The lowest BCUT2D eigenvalue weighted by Gasteiger charge is -2.23. The van der Waals surface area contributed by atoms with Crippen LogP contribution in [-0.4, -0.2) is 12.6 Å². The van der Waals surface area contributed by atoms with Gasteiger partial charge in [0, 0.05) is 5.56 Å². The van der Waals surface area contributed by atoms with Crippen LogP contribution in [0.2, 0.25) is 0 Å². The molecular formula is C23H27FO4. The molecule has 2 aromatic carbocycles. The van der Waals surface area contributed by atoms with E-state index in [0.717, 1.165) is 24.8 Å². The SMILES string of the molecule is CCCc1ccc(CCOOCc2ccc3c(c2F)OC(=O)C(CC)C3)cc1. The van der Waals surface area contributed by atoms with Crippen molar-refractivity contribution in [3.63, 3.8) is 0 Å². The molecule has 150 valence electrons. The average molecular weight is 386 g/mol. The van der Waals surface area contributed by atoms with E-state index in [2.05, 4.69) is 31.2 Å². The monoisotopic (exact) mass is 386 g/mol. The van der Waals surface area contributed by atoms with Crippen molar-refractivity contribution in [2.24, 2.45) is 5.92 Å². The lowest BCUT2D eigenvalue weighted by Crippen LogP contribution is -2.28. The van der Waals surface area contributed by atoms with Gasteiger partial charge in [-0.05, 0) is 42.4 Å². The standard InChI is InChI=1S/C23H27FO4/c1-3-5-16-6-8-17(9-7-16)12-13-26-27-15-20-11-10-19-14-18(4-2)23(25)28-22(19)21(20)24/h6-11,18H,3-5,12-15H2,1-2H3. The summed E-state index contributed by atoms with van der Waals surface area (Å²) in [6.07, 6.45) is 4.12. The molecule has 1 atom stereocenters. The third-order valence-corrected chi connectivity index (χ3v) is 5.09. The minimum atomic E-state index is -0.546. The average Bonchev–Trinajstić information content (AvgIpc) is 2.71. The fourth-order valence-corrected chi connectivity index (χ4v) is 3.35. The summed E-state index contributed by atoms with van der Waals surface area (Å²) in [5.74, 6) is -1.08. The summed E-state index contributed by atoms with van der Waals surface area (Å²) >= 11 is 0. The van der Waals surface area contributed by atoms with Gasteiger partial charge in [0.2, 0.25) is 0 Å². The van der Waals surface area contributed by atoms with Gasteiger partial charge in [-0.15, -0.1) is 0 Å². The van der Waals surface area contributed by atoms with E-state index in [1.165, 1.54) is 11.1 Å². The Balaban J connectivity index is 1.47. The van der Waals surface area contributed by atoms with Gasteiger partial charge in [-0.1, -0.05) is 56.7 Å². The minimum absolute atomic E-state index is 0.0305. The second kappa shape index (κ2) is 9.80. The summed E-state index contributed by atoms with van der Waals surface area (Å²) in [5.41, 5.74) is 3.53. The van der Waals surface area contributed by atoms with Crippen LogP contribution in [-0.2, 0) is 40.4 Å². The van der Waals surface area contributed by atoms with Crippen molar-refractivity contribution in [1.29, 1.82) is 0 Å². The Labute approximate surface area is 165 Å². The molecule has 0 bridgehead atoms. The number of fused-ring (bicyclic) bond motifs is 1. The van der Waals surface area contributed by atoms with Crippen LogP contribution < -0.4 is 4.74 Å². The predicted molar refractivity (Wildman–Crippen MR) is 104 cm³/mol. The van der Waals surface area contributed by atoms with Gasteiger partial charge in [-0.3, -0.25) is 4.79 Å². The molecule has 4 nitrogen and oxygen atoms in total. The van der Waals surface area contributed by atoms with Gasteiger partial charge in [-0.2, -0.15) is 0 Å². The van der Waals surface area contributed by atoms with Crippen molar-refractivity contribution in [3.8, 4) is 5.75 Å². The highest BCUT2D eigenvalue weighted by Crippen LogP contribution is 2.33. The Kier molecular flexibility index (Phi) is 7.18. The zero-order chi connectivity index (χ0) is 19.9. The quantitative estimate of drug-likeness (QED) is 0.201. The number of esters is 1. The van der Waals surface area contributed by atoms with Gasteiger partial charge in [0.15, 0.2) is 11.6 Å². The maximum absolute atomic E-state index is 14.6. The Morgan fingerprint density at radius 3 is 2.43 bits per heavy atom. The first kappa shape index (κ1) is 20.5. The van der Waals surface area contributed by atoms with Crippen molar-refractivity contribution < 1.29 is 23.7 Å². The fraction of sp³-hybridized carbons (Fsp3) is 0.435. The second-order valence-electron chi connectivity index (χ2n) is 7.16. The van der Waals surface area contributed by atoms with Crippen molar-refractivity contribution in [3.05, 3.63) is 64.5 Å². The summed E-state index contributed by atoms with van der Waals surface area (Å²) in [7, 11) is 0. The van der Waals surface area contributed by atoms with Crippen LogP contribution in [0.4, 0.5) is 4.39 Å². The molecule has 5 heteroatoms. The van der Waals surface area contributed by atoms with Gasteiger partial charge in [0.1, 0.15) is 6.61 Å². The first-order valence-corrected chi connectivity index (χ1v) is 9.96.